The van der Waals surface area contributed by atoms with Crippen LogP contribution in [0.3, 0.4) is 0 Å². The normalized spacial score (nSPS) is 10.5. The lowest BCUT2D eigenvalue weighted by Crippen LogP contribution is -1.96. The molecule has 0 atom stereocenters. The van der Waals surface area contributed by atoms with Crippen LogP contribution in [-0.4, -0.2) is 0 Å². The van der Waals surface area contributed by atoms with Crippen LogP contribution in [0.2, 0.25) is 0 Å². The molecule has 0 amide bonds. The van der Waals surface area contributed by atoms with Gasteiger partial charge in [-0.15, -0.1) is 0 Å². The van der Waals surface area contributed by atoms with Gasteiger partial charge in [0.25, 0.3) is 0 Å². The summed E-state index contributed by atoms with van der Waals surface area (Å²) in [7, 11) is 0. The standard InChI is InChI=1S/C16H19N/c1-3-13-7-9-14(10-8-13)11-15-5-4-6-16(17)12(15)2/h4-10H,3,11,17H2,1-2H3. The largest absolute Gasteiger partial charge is 0.399 e. The minimum atomic E-state index is 0.882. The van der Waals surface area contributed by atoms with E-state index in [-0.39, 0.29) is 0 Å². The molecule has 2 aromatic carbocycles. The van der Waals surface area contributed by atoms with Gasteiger partial charge < -0.3 is 5.73 Å². The van der Waals surface area contributed by atoms with Gasteiger partial charge in [-0.3, -0.25) is 0 Å². The number of anilines is 1. The summed E-state index contributed by atoms with van der Waals surface area (Å²) < 4.78 is 0. The van der Waals surface area contributed by atoms with E-state index in [1.165, 1.54) is 22.3 Å². The highest BCUT2D eigenvalue weighted by atomic mass is 14.6. The Morgan fingerprint density at radius 1 is 0.941 bits per heavy atom. The Morgan fingerprint density at radius 3 is 2.24 bits per heavy atom. The number of nitrogen functional groups attached to an aromatic ring is 1. The maximum Gasteiger partial charge on any atom is 0.0346 e. The molecule has 0 fully saturated rings. The second-order valence-electron chi connectivity index (χ2n) is 4.48. The lowest BCUT2D eigenvalue weighted by molar-refractivity contribution is 1.11. The first-order valence-electron chi connectivity index (χ1n) is 6.12. The van der Waals surface area contributed by atoms with Crippen molar-refractivity contribution < 1.29 is 0 Å². The van der Waals surface area contributed by atoms with Gasteiger partial charge >= 0.3 is 0 Å². The van der Waals surface area contributed by atoms with Crippen LogP contribution in [0.5, 0.6) is 0 Å². The maximum absolute atomic E-state index is 5.92. The van der Waals surface area contributed by atoms with Crippen LogP contribution in [0.25, 0.3) is 0 Å². The molecule has 1 nitrogen and oxygen atoms in total. The molecule has 0 radical (unpaired) electrons. The van der Waals surface area contributed by atoms with E-state index in [2.05, 4.69) is 44.2 Å². The van der Waals surface area contributed by atoms with E-state index in [0.29, 0.717) is 0 Å². The van der Waals surface area contributed by atoms with Gasteiger partial charge in [-0.1, -0.05) is 43.3 Å². The zero-order valence-electron chi connectivity index (χ0n) is 10.5. The molecule has 88 valence electrons. The van der Waals surface area contributed by atoms with Gasteiger partial charge in [0.2, 0.25) is 0 Å². The molecule has 0 aliphatic carbocycles. The quantitative estimate of drug-likeness (QED) is 0.791. The molecule has 0 aliphatic rings. The average Bonchev–Trinajstić information content (AvgIpc) is 2.36. The molecule has 0 aromatic heterocycles. The summed E-state index contributed by atoms with van der Waals surface area (Å²) in [5, 5.41) is 0. The second kappa shape index (κ2) is 5.05. The van der Waals surface area contributed by atoms with Crippen LogP contribution in [0.15, 0.2) is 42.5 Å². The van der Waals surface area contributed by atoms with Gasteiger partial charge in [0.15, 0.2) is 0 Å². The van der Waals surface area contributed by atoms with Gasteiger partial charge in [-0.05, 0) is 48.1 Å². The zero-order chi connectivity index (χ0) is 12.3. The highest BCUT2D eigenvalue weighted by Crippen LogP contribution is 2.19. The fraction of sp³-hybridized carbons (Fsp3) is 0.250. The van der Waals surface area contributed by atoms with Gasteiger partial charge in [-0.25, -0.2) is 0 Å². The zero-order valence-corrected chi connectivity index (χ0v) is 10.5. The number of aryl methyl sites for hydroxylation is 1. The SMILES string of the molecule is CCc1ccc(Cc2cccc(N)c2C)cc1. The van der Waals surface area contributed by atoms with Crippen molar-refractivity contribution in [2.24, 2.45) is 0 Å². The third kappa shape index (κ3) is 2.68. The molecule has 2 aromatic rings. The van der Waals surface area contributed by atoms with E-state index < -0.39 is 0 Å². The molecule has 0 saturated carbocycles. The highest BCUT2D eigenvalue weighted by Gasteiger charge is 2.02. The summed E-state index contributed by atoms with van der Waals surface area (Å²) in [6.45, 7) is 4.27. The molecular weight excluding hydrogens is 206 g/mol. The molecule has 2 N–H and O–H groups in total. The van der Waals surface area contributed by atoms with Crippen molar-refractivity contribution >= 4 is 5.69 Å². The Balaban J connectivity index is 2.22. The number of rotatable bonds is 3. The minimum absolute atomic E-state index is 0.882. The van der Waals surface area contributed by atoms with Crippen molar-refractivity contribution in [3.05, 3.63) is 64.7 Å². The van der Waals surface area contributed by atoms with Crippen molar-refractivity contribution in [3.8, 4) is 0 Å². The molecule has 0 unspecified atom stereocenters. The van der Waals surface area contributed by atoms with Crippen LogP contribution < -0.4 is 5.73 Å². The van der Waals surface area contributed by atoms with Crippen molar-refractivity contribution in [2.75, 3.05) is 5.73 Å². The maximum atomic E-state index is 5.92. The smallest absolute Gasteiger partial charge is 0.0346 e. The third-order valence-corrected chi connectivity index (χ3v) is 3.31. The Morgan fingerprint density at radius 2 is 1.59 bits per heavy atom. The number of benzene rings is 2. The Bertz CT molecular complexity index is 497. The molecule has 0 spiro atoms. The first kappa shape index (κ1) is 11.7. The fourth-order valence-corrected chi connectivity index (χ4v) is 2.01. The van der Waals surface area contributed by atoms with E-state index in [9.17, 15) is 0 Å². The first-order chi connectivity index (χ1) is 8.20. The number of nitrogens with two attached hydrogens (primary N) is 1. The molecule has 0 bridgehead atoms. The van der Waals surface area contributed by atoms with Gasteiger partial charge in [0.1, 0.15) is 0 Å². The van der Waals surface area contributed by atoms with Crippen LogP contribution >= 0.6 is 0 Å². The van der Waals surface area contributed by atoms with E-state index in [1.807, 2.05) is 12.1 Å². The predicted molar refractivity (Wildman–Crippen MR) is 74.2 cm³/mol. The molecule has 0 aliphatic heterocycles. The summed E-state index contributed by atoms with van der Waals surface area (Å²) in [6, 6.07) is 15.0. The van der Waals surface area contributed by atoms with E-state index in [0.717, 1.165) is 18.5 Å². The van der Waals surface area contributed by atoms with Crippen molar-refractivity contribution in [2.45, 2.75) is 26.7 Å². The topological polar surface area (TPSA) is 26.0 Å². The summed E-state index contributed by atoms with van der Waals surface area (Å²) in [4.78, 5) is 0. The lowest BCUT2D eigenvalue weighted by Gasteiger charge is -2.08. The molecular formula is C16H19N. The van der Waals surface area contributed by atoms with E-state index in [1.54, 1.807) is 0 Å². The van der Waals surface area contributed by atoms with E-state index >= 15 is 0 Å². The molecule has 0 saturated heterocycles. The average molecular weight is 225 g/mol. The van der Waals surface area contributed by atoms with Crippen LogP contribution in [0, 0.1) is 6.92 Å². The van der Waals surface area contributed by atoms with Crippen molar-refractivity contribution in [1.29, 1.82) is 0 Å². The Labute approximate surface area is 103 Å². The van der Waals surface area contributed by atoms with Crippen LogP contribution in [0.1, 0.15) is 29.2 Å². The lowest BCUT2D eigenvalue weighted by atomic mass is 9.98. The molecule has 2 rings (SSSR count). The van der Waals surface area contributed by atoms with Gasteiger partial charge in [0.05, 0.1) is 0 Å². The summed E-state index contributed by atoms with van der Waals surface area (Å²) in [6.07, 6.45) is 2.05. The minimum Gasteiger partial charge on any atom is -0.399 e. The van der Waals surface area contributed by atoms with Crippen LogP contribution in [0.4, 0.5) is 5.69 Å². The van der Waals surface area contributed by atoms with Crippen molar-refractivity contribution in [1.82, 2.24) is 0 Å². The molecule has 0 heterocycles. The van der Waals surface area contributed by atoms with E-state index in [4.69, 9.17) is 5.73 Å². The second-order valence-corrected chi connectivity index (χ2v) is 4.48. The number of hydrogen-bond donors (Lipinski definition) is 1. The first-order valence-corrected chi connectivity index (χ1v) is 6.12. The molecule has 17 heavy (non-hydrogen) atoms. The summed E-state index contributed by atoms with van der Waals surface area (Å²) >= 11 is 0. The number of hydrogen-bond acceptors (Lipinski definition) is 1. The van der Waals surface area contributed by atoms with Gasteiger partial charge in [0, 0.05) is 5.69 Å². The van der Waals surface area contributed by atoms with Crippen molar-refractivity contribution in [3.63, 3.8) is 0 Å². The fourth-order valence-electron chi connectivity index (χ4n) is 2.01. The Kier molecular flexibility index (Phi) is 3.48. The molecule has 1 heteroatoms. The summed E-state index contributed by atoms with van der Waals surface area (Å²) in [5.74, 6) is 0. The summed E-state index contributed by atoms with van der Waals surface area (Å²) in [5.41, 5.74) is 12.0. The Hall–Kier alpha value is -1.76. The predicted octanol–water partition coefficient (Wildman–Crippen LogP) is 3.73. The van der Waals surface area contributed by atoms with Crippen LogP contribution in [-0.2, 0) is 12.8 Å². The third-order valence-electron chi connectivity index (χ3n) is 3.31. The monoisotopic (exact) mass is 225 g/mol. The highest BCUT2D eigenvalue weighted by molar-refractivity contribution is 5.51. The van der Waals surface area contributed by atoms with Gasteiger partial charge in [-0.2, -0.15) is 0 Å².